The highest BCUT2D eigenvalue weighted by Crippen LogP contribution is 2.20. The van der Waals surface area contributed by atoms with E-state index in [4.69, 9.17) is 5.73 Å². The fourth-order valence-corrected chi connectivity index (χ4v) is 1.53. The minimum Gasteiger partial charge on any atom is -0.330 e. The van der Waals surface area contributed by atoms with Crippen LogP contribution in [0.15, 0.2) is 6.07 Å². The minimum absolute atomic E-state index is 0.0715. The third-order valence-electron chi connectivity index (χ3n) is 2.70. The van der Waals surface area contributed by atoms with Gasteiger partial charge in [0.25, 0.3) is 0 Å². The molecule has 0 atom stereocenters. The van der Waals surface area contributed by atoms with Crippen LogP contribution in [0.2, 0.25) is 0 Å². The quantitative estimate of drug-likeness (QED) is 0.849. The molecular formula is C13H23N3. The van der Waals surface area contributed by atoms with Crippen molar-refractivity contribution in [3.05, 3.63) is 23.3 Å². The maximum absolute atomic E-state index is 5.73. The molecule has 1 rings (SSSR count). The Hall–Kier alpha value is -0.960. The van der Waals surface area contributed by atoms with Gasteiger partial charge in [-0.15, -0.1) is 0 Å². The van der Waals surface area contributed by atoms with E-state index in [2.05, 4.69) is 43.7 Å². The Morgan fingerprint density at radius 1 is 1.31 bits per heavy atom. The predicted octanol–water partition coefficient (Wildman–Crippen LogP) is 2.44. The molecule has 0 saturated carbocycles. The van der Waals surface area contributed by atoms with Gasteiger partial charge in [0, 0.05) is 17.8 Å². The average Bonchev–Trinajstić information content (AvgIpc) is 2.16. The maximum atomic E-state index is 5.73. The van der Waals surface area contributed by atoms with Crippen molar-refractivity contribution in [3.8, 4) is 0 Å². The van der Waals surface area contributed by atoms with Gasteiger partial charge in [-0.2, -0.15) is 0 Å². The second kappa shape index (κ2) is 4.91. The summed E-state index contributed by atoms with van der Waals surface area (Å²) in [5, 5.41) is 0. The highest BCUT2D eigenvalue weighted by atomic mass is 14.9. The first-order valence-electron chi connectivity index (χ1n) is 5.88. The summed E-state index contributed by atoms with van der Waals surface area (Å²) in [7, 11) is 0. The zero-order valence-electron chi connectivity index (χ0n) is 11.0. The van der Waals surface area contributed by atoms with Crippen LogP contribution in [0, 0.1) is 12.3 Å². The summed E-state index contributed by atoms with van der Waals surface area (Å²) in [5.41, 5.74) is 7.97. The molecule has 16 heavy (non-hydrogen) atoms. The van der Waals surface area contributed by atoms with E-state index in [0.717, 1.165) is 23.6 Å². The smallest absolute Gasteiger partial charge is 0.129 e. The maximum Gasteiger partial charge on any atom is 0.129 e. The standard InChI is InChI=1S/C13H23N3/c1-9(2)11-6-10(3)15-12(16-11)7-13(4,5)8-14/h6,9H,7-8,14H2,1-5H3. The van der Waals surface area contributed by atoms with Crippen LogP contribution in [0.25, 0.3) is 0 Å². The second-order valence-corrected chi connectivity index (χ2v) is 5.55. The Morgan fingerprint density at radius 3 is 2.44 bits per heavy atom. The van der Waals surface area contributed by atoms with Gasteiger partial charge in [0.15, 0.2) is 0 Å². The Balaban J connectivity index is 2.97. The van der Waals surface area contributed by atoms with Gasteiger partial charge in [0.1, 0.15) is 5.82 Å². The largest absolute Gasteiger partial charge is 0.330 e. The van der Waals surface area contributed by atoms with Crippen molar-refractivity contribution in [3.63, 3.8) is 0 Å². The lowest BCUT2D eigenvalue weighted by Gasteiger charge is -2.21. The molecule has 1 aromatic heterocycles. The van der Waals surface area contributed by atoms with Crippen LogP contribution in [0.1, 0.15) is 50.8 Å². The van der Waals surface area contributed by atoms with E-state index in [1.807, 2.05) is 6.92 Å². The zero-order valence-corrected chi connectivity index (χ0v) is 11.0. The first-order chi connectivity index (χ1) is 7.34. The highest BCUT2D eigenvalue weighted by Gasteiger charge is 2.18. The van der Waals surface area contributed by atoms with Gasteiger partial charge < -0.3 is 5.73 Å². The number of hydrogen-bond acceptors (Lipinski definition) is 3. The van der Waals surface area contributed by atoms with Gasteiger partial charge in [-0.3, -0.25) is 0 Å². The van der Waals surface area contributed by atoms with Crippen LogP contribution < -0.4 is 5.73 Å². The molecule has 0 saturated heterocycles. The Kier molecular flexibility index (Phi) is 4.03. The van der Waals surface area contributed by atoms with E-state index in [0.29, 0.717) is 12.5 Å². The fraction of sp³-hybridized carbons (Fsp3) is 0.692. The Morgan fingerprint density at radius 2 is 1.94 bits per heavy atom. The SMILES string of the molecule is Cc1cc(C(C)C)nc(CC(C)(C)CN)n1. The molecule has 0 amide bonds. The molecule has 0 fully saturated rings. The zero-order chi connectivity index (χ0) is 12.3. The summed E-state index contributed by atoms with van der Waals surface area (Å²) in [4.78, 5) is 9.08. The van der Waals surface area contributed by atoms with Crippen LogP contribution in [0.3, 0.4) is 0 Å². The summed E-state index contributed by atoms with van der Waals surface area (Å²) in [6.07, 6.45) is 0.838. The molecule has 3 nitrogen and oxygen atoms in total. The minimum atomic E-state index is 0.0715. The number of aromatic nitrogens is 2. The van der Waals surface area contributed by atoms with Crippen LogP contribution >= 0.6 is 0 Å². The van der Waals surface area contributed by atoms with Crippen molar-refractivity contribution >= 4 is 0 Å². The number of aryl methyl sites for hydroxylation is 1. The van der Waals surface area contributed by atoms with E-state index in [1.165, 1.54) is 0 Å². The van der Waals surface area contributed by atoms with Crippen molar-refractivity contribution in [2.75, 3.05) is 6.54 Å². The third-order valence-corrected chi connectivity index (χ3v) is 2.70. The summed E-state index contributed by atoms with van der Waals surface area (Å²) in [6, 6.07) is 2.06. The van der Waals surface area contributed by atoms with Crippen LogP contribution in [0.4, 0.5) is 0 Å². The number of nitrogens with zero attached hydrogens (tertiary/aromatic N) is 2. The molecule has 1 aromatic rings. The van der Waals surface area contributed by atoms with Gasteiger partial charge in [0.2, 0.25) is 0 Å². The molecule has 2 N–H and O–H groups in total. The summed E-state index contributed by atoms with van der Waals surface area (Å²) < 4.78 is 0. The fourth-order valence-electron chi connectivity index (χ4n) is 1.53. The molecule has 3 heteroatoms. The lowest BCUT2D eigenvalue weighted by atomic mass is 9.89. The predicted molar refractivity (Wildman–Crippen MR) is 67.4 cm³/mol. The van der Waals surface area contributed by atoms with Crippen molar-refractivity contribution in [2.45, 2.75) is 47.0 Å². The molecule has 1 heterocycles. The molecule has 0 bridgehead atoms. The molecular weight excluding hydrogens is 198 g/mol. The third kappa shape index (κ3) is 3.56. The highest BCUT2D eigenvalue weighted by molar-refractivity contribution is 5.13. The van der Waals surface area contributed by atoms with Crippen molar-refractivity contribution in [1.29, 1.82) is 0 Å². The lowest BCUT2D eigenvalue weighted by molar-refractivity contribution is 0.367. The van der Waals surface area contributed by atoms with Gasteiger partial charge >= 0.3 is 0 Å². The van der Waals surface area contributed by atoms with Crippen LogP contribution in [0.5, 0.6) is 0 Å². The van der Waals surface area contributed by atoms with E-state index in [-0.39, 0.29) is 5.41 Å². The average molecular weight is 221 g/mol. The second-order valence-electron chi connectivity index (χ2n) is 5.55. The molecule has 0 aliphatic carbocycles. The van der Waals surface area contributed by atoms with Crippen LogP contribution in [-0.2, 0) is 6.42 Å². The van der Waals surface area contributed by atoms with Gasteiger partial charge in [0.05, 0.1) is 0 Å². The number of rotatable bonds is 4. The molecule has 0 aromatic carbocycles. The molecule has 0 aliphatic heterocycles. The lowest BCUT2D eigenvalue weighted by Crippen LogP contribution is -2.27. The summed E-state index contributed by atoms with van der Waals surface area (Å²) >= 11 is 0. The first kappa shape index (κ1) is 13.1. The molecule has 0 radical (unpaired) electrons. The van der Waals surface area contributed by atoms with E-state index in [9.17, 15) is 0 Å². The van der Waals surface area contributed by atoms with E-state index < -0.39 is 0 Å². The number of hydrogen-bond donors (Lipinski definition) is 1. The summed E-state index contributed by atoms with van der Waals surface area (Å²) in [5.74, 6) is 1.36. The van der Waals surface area contributed by atoms with E-state index in [1.54, 1.807) is 0 Å². The molecule has 0 unspecified atom stereocenters. The molecule has 0 spiro atoms. The Bertz CT molecular complexity index is 356. The van der Waals surface area contributed by atoms with E-state index >= 15 is 0 Å². The van der Waals surface area contributed by atoms with Gasteiger partial charge in [-0.25, -0.2) is 9.97 Å². The number of nitrogens with two attached hydrogens (primary N) is 1. The Labute approximate surface area is 98.5 Å². The van der Waals surface area contributed by atoms with Crippen LogP contribution in [-0.4, -0.2) is 16.5 Å². The van der Waals surface area contributed by atoms with Crippen molar-refractivity contribution in [1.82, 2.24) is 9.97 Å². The van der Waals surface area contributed by atoms with Gasteiger partial charge in [-0.05, 0) is 30.9 Å². The first-order valence-corrected chi connectivity index (χ1v) is 5.88. The monoisotopic (exact) mass is 221 g/mol. The topological polar surface area (TPSA) is 51.8 Å². The normalized spacial score (nSPS) is 12.2. The van der Waals surface area contributed by atoms with Crippen molar-refractivity contribution in [2.24, 2.45) is 11.1 Å². The van der Waals surface area contributed by atoms with Gasteiger partial charge in [-0.1, -0.05) is 27.7 Å². The molecule has 90 valence electrons. The summed E-state index contributed by atoms with van der Waals surface area (Å²) in [6.45, 7) is 11.3. The van der Waals surface area contributed by atoms with Crippen molar-refractivity contribution < 1.29 is 0 Å². The molecule has 0 aliphatic rings.